The summed E-state index contributed by atoms with van der Waals surface area (Å²) >= 11 is 0. The Hall–Kier alpha value is -3.55. The lowest BCUT2D eigenvalue weighted by Gasteiger charge is -2.14. The van der Waals surface area contributed by atoms with Crippen LogP contribution in [0, 0.1) is 6.92 Å². The number of hydrogen-bond acceptors (Lipinski definition) is 6. The van der Waals surface area contributed by atoms with E-state index in [9.17, 15) is 9.59 Å². The van der Waals surface area contributed by atoms with Crippen molar-refractivity contribution in [3.05, 3.63) is 58.1 Å². The van der Waals surface area contributed by atoms with E-state index < -0.39 is 0 Å². The molecule has 3 rings (SSSR count). The third-order valence-electron chi connectivity index (χ3n) is 4.62. The highest BCUT2D eigenvalue weighted by atomic mass is 16.5. The van der Waals surface area contributed by atoms with Crippen molar-refractivity contribution < 1.29 is 19.0 Å². The molecule has 2 aromatic carbocycles. The van der Waals surface area contributed by atoms with E-state index in [1.807, 2.05) is 0 Å². The third-order valence-corrected chi connectivity index (χ3v) is 4.62. The summed E-state index contributed by atoms with van der Waals surface area (Å²) in [5, 5.41) is 3.23. The molecule has 0 radical (unpaired) electrons. The number of carbonyl (C=O) groups is 1. The molecule has 1 aromatic heterocycles. The lowest BCUT2D eigenvalue weighted by atomic mass is 10.2. The zero-order valence-electron chi connectivity index (χ0n) is 16.8. The van der Waals surface area contributed by atoms with Gasteiger partial charge in [0.05, 0.1) is 37.8 Å². The summed E-state index contributed by atoms with van der Waals surface area (Å²) in [6, 6.07) is 10.3. The van der Waals surface area contributed by atoms with Crippen LogP contribution in [0.15, 0.2) is 41.2 Å². The molecule has 0 bridgehead atoms. The standard InChI is InChI=1S/C21H23N3O5/c1-13-23-16-12-19(29-4)18(28-3)11-15(16)21(26)24(13)10-9-22-20(25)14-7-5-6-8-17(14)27-2/h5-8,11-12H,9-10H2,1-4H3,(H,22,25). The minimum Gasteiger partial charge on any atom is -0.496 e. The van der Waals surface area contributed by atoms with Crippen molar-refractivity contribution in [2.24, 2.45) is 0 Å². The summed E-state index contributed by atoms with van der Waals surface area (Å²) in [6.45, 7) is 2.29. The van der Waals surface area contributed by atoms with Crippen LogP contribution >= 0.6 is 0 Å². The number of benzene rings is 2. The monoisotopic (exact) mass is 397 g/mol. The van der Waals surface area contributed by atoms with E-state index in [4.69, 9.17) is 14.2 Å². The molecule has 3 aromatic rings. The number of para-hydroxylation sites is 1. The van der Waals surface area contributed by atoms with Crippen LogP contribution in [-0.2, 0) is 6.54 Å². The van der Waals surface area contributed by atoms with Crippen LogP contribution in [0.3, 0.4) is 0 Å². The van der Waals surface area contributed by atoms with Gasteiger partial charge in [0.2, 0.25) is 0 Å². The van der Waals surface area contributed by atoms with E-state index in [2.05, 4.69) is 10.3 Å². The number of ether oxygens (including phenoxy) is 3. The molecule has 0 aliphatic carbocycles. The van der Waals surface area contributed by atoms with Crippen LogP contribution in [0.4, 0.5) is 0 Å². The van der Waals surface area contributed by atoms with Gasteiger partial charge in [-0.05, 0) is 25.1 Å². The van der Waals surface area contributed by atoms with Crippen molar-refractivity contribution in [1.82, 2.24) is 14.9 Å². The van der Waals surface area contributed by atoms with Crippen LogP contribution < -0.4 is 25.1 Å². The van der Waals surface area contributed by atoms with Gasteiger partial charge in [-0.15, -0.1) is 0 Å². The molecule has 1 amide bonds. The number of aryl methyl sites for hydroxylation is 1. The van der Waals surface area contributed by atoms with Gasteiger partial charge in [-0.1, -0.05) is 12.1 Å². The molecule has 0 fully saturated rings. The molecule has 0 atom stereocenters. The number of methoxy groups -OCH3 is 3. The molecule has 1 N–H and O–H groups in total. The van der Waals surface area contributed by atoms with Gasteiger partial charge in [-0.2, -0.15) is 0 Å². The molecule has 8 heteroatoms. The number of aromatic nitrogens is 2. The van der Waals surface area contributed by atoms with Crippen LogP contribution in [0.5, 0.6) is 17.2 Å². The molecule has 0 saturated carbocycles. The zero-order chi connectivity index (χ0) is 21.0. The van der Waals surface area contributed by atoms with Gasteiger partial charge in [0.25, 0.3) is 11.5 Å². The van der Waals surface area contributed by atoms with Crippen molar-refractivity contribution >= 4 is 16.8 Å². The predicted molar refractivity (Wildman–Crippen MR) is 109 cm³/mol. The van der Waals surface area contributed by atoms with Gasteiger partial charge >= 0.3 is 0 Å². The second kappa shape index (κ2) is 8.64. The van der Waals surface area contributed by atoms with E-state index in [-0.39, 0.29) is 24.6 Å². The molecular weight excluding hydrogens is 374 g/mol. The SMILES string of the molecule is COc1cc2nc(C)n(CCNC(=O)c3ccccc3OC)c(=O)c2cc1OC. The molecule has 29 heavy (non-hydrogen) atoms. The zero-order valence-corrected chi connectivity index (χ0v) is 16.8. The third kappa shape index (κ3) is 4.01. The van der Waals surface area contributed by atoms with Gasteiger partial charge in [-0.3, -0.25) is 14.2 Å². The van der Waals surface area contributed by atoms with E-state index in [1.54, 1.807) is 43.3 Å². The Labute approximate surface area is 168 Å². The van der Waals surface area contributed by atoms with Gasteiger partial charge in [0, 0.05) is 19.2 Å². The smallest absolute Gasteiger partial charge is 0.261 e. The quantitative estimate of drug-likeness (QED) is 0.657. The van der Waals surface area contributed by atoms with E-state index >= 15 is 0 Å². The van der Waals surface area contributed by atoms with Crippen LogP contribution in [0.1, 0.15) is 16.2 Å². The maximum atomic E-state index is 13.0. The highest BCUT2D eigenvalue weighted by molar-refractivity contribution is 5.96. The van der Waals surface area contributed by atoms with Crippen LogP contribution in [-0.4, -0.2) is 43.3 Å². The largest absolute Gasteiger partial charge is 0.496 e. The fourth-order valence-corrected chi connectivity index (χ4v) is 3.13. The highest BCUT2D eigenvalue weighted by Gasteiger charge is 2.14. The van der Waals surface area contributed by atoms with Gasteiger partial charge < -0.3 is 19.5 Å². The number of fused-ring (bicyclic) bond motifs is 1. The minimum atomic E-state index is -0.270. The minimum absolute atomic E-state index is 0.208. The average molecular weight is 397 g/mol. The van der Waals surface area contributed by atoms with Crippen molar-refractivity contribution in [3.8, 4) is 17.2 Å². The number of carbonyl (C=O) groups excluding carboxylic acids is 1. The maximum Gasteiger partial charge on any atom is 0.261 e. The first kappa shape index (κ1) is 20.2. The van der Waals surface area contributed by atoms with Crippen molar-refractivity contribution in [1.29, 1.82) is 0 Å². The van der Waals surface area contributed by atoms with Gasteiger partial charge in [-0.25, -0.2) is 4.98 Å². The lowest BCUT2D eigenvalue weighted by Crippen LogP contribution is -2.32. The maximum absolute atomic E-state index is 13.0. The Morgan fingerprint density at radius 2 is 1.69 bits per heavy atom. The Morgan fingerprint density at radius 3 is 2.38 bits per heavy atom. The second-order valence-corrected chi connectivity index (χ2v) is 6.30. The molecule has 0 spiro atoms. The Kier molecular flexibility index (Phi) is 6.01. The average Bonchev–Trinajstić information content (AvgIpc) is 2.74. The normalized spacial score (nSPS) is 10.6. The lowest BCUT2D eigenvalue weighted by molar-refractivity contribution is 0.0949. The molecule has 0 aliphatic heterocycles. The molecular formula is C21H23N3O5. The Balaban J connectivity index is 1.83. The number of amides is 1. The van der Waals surface area contributed by atoms with Gasteiger partial charge in [0.1, 0.15) is 11.6 Å². The summed E-state index contributed by atoms with van der Waals surface area (Å²) in [5.41, 5.74) is 0.756. The summed E-state index contributed by atoms with van der Waals surface area (Å²) in [5.74, 6) is 1.73. The molecule has 0 unspecified atom stereocenters. The summed E-state index contributed by atoms with van der Waals surface area (Å²) in [4.78, 5) is 29.9. The van der Waals surface area contributed by atoms with Crippen LogP contribution in [0.25, 0.3) is 10.9 Å². The molecule has 152 valence electrons. The van der Waals surface area contributed by atoms with Crippen LogP contribution in [0.2, 0.25) is 0 Å². The number of rotatable bonds is 7. The first-order valence-corrected chi connectivity index (χ1v) is 9.04. The number of hydrogen-bond donors (Lipinski definition) is 1. The van der Waals surface area contributed by atoms with Crippen molar-refractivity contribution in [2.45, 2.75) is 13.5 Å². The Morgan fingerprint density at radius 1 is 1.03 bits per heavy atom. The van der Waals surface area contributed by atoms with E-state index in [0.29, 0.717) is 39.5 Å². The molecule has 8 nitrogen and oxygen atoms in total. The molecule has 1 heterocycles. The topological polar surface area (TPSA) is 91.7 Å². The predicted octanol–water partition coefficient (Wildman–Crippen LogP) is 2.16. The number of nitrogens with zero attached hydrogens (tertiary/aromatic N) is 2. The van der Waals surface area contributed by atoms with E-state index in [1.165, 1.54) is 25.9 Å². The molecule has 0 aliphatic rings. The summed E-state index contributed by atoms with van der Waals surface area (Å²) in [7, 11) is 4.55. The fourth-order valence-electron chi connectivity index (χ4n) is 3.13. The first-order chi connectivity index (χ1) is 14.0. The first-order valence-electron chi connectivity index (χ1n) is 9.04. The van der Waals surface area contributed by atoms with E-state index in [0.717, 1.165) is 0 Å². The highest BCUT2D eigenvalue weighted by Crippen LogP contribution is 2.30. The van der Waals surface area contributed by atoms with Gasteiger partial charge in [0.15, 0.2) is 11.5 Å². The molecule has 0 saturated heterocycles. The van der Waals surface area contributed by atoms with Crippen molar-refractivity contribution in [2.75, 3.05) is 27.9 Å². The summed E-state index contributed by atoms with van der Waals surface area (Å²) < 4.78 is 17.3. The summed E-state index contributed by atoms with van der Waals surface area (Å²) in [6.07, 6.45) is 0. The second-order valence-electron chi connectivity index (χ2n) is 6.30. The number of nitrogens with one attached hydrogen (secondary N) is 1. The van der Waals surface area contributed by atoms with Crippen molar-refractivity contribution in [3.63, 3.8) is 0 Å². The fraction of sp³-hybridized carbons (Fsp3) is 0.286. The Bertz CT molecular complexity index is 1110.